The van der Waals surface area contributed by atoms with Crippen LogP contribution in [0.5, 0.6) is 0 Å². The second-order valence-electron chi connectivity index (χ2n) is 2.29. The fraction of sp³-hybridized carbons (Fsp3) is 0.600. The molecule has 2 unspecified atom stereocenters. The predicted octanol–water partition coefficient (Wildman–Crippen LogP) is -1.21. The lowest BCUT2D eigenvalue weighted by Crippen LogP contribution is -2.48. The third kappa shape index (κ3) is 0.828. The molecule has 0 amide bonds. The van der Waals surface area contributed by atoms with Crippen LogP contribution in [0.2, 0.25) is 0 Å². The molecular formula is C5H8N4S. The average molecular weight is 156 g/mol. The van der Waals surface area contributed by atoms with E-state index in [1.807, 2.05) is 0 Å². The van der Waals surface area contributed by atoms with Gasteiger partial charge in [0.2, 0.25) is 0 Å². The van der Waals surface area contributed by atoms with Crippen molar-refractivity contribution in [2.75, 3.05) is 6.67 Å². The summed E-state index contributed by atoms with van der Waals surface area (Å²) >= 11 is 5.04. The quantitative estimate of drug-likeness (QED) is 0.385. The van der Waals surface area contributed by atoms with E-state index in [0.717, 1.165) is 11.7 Å². The monoisotopic (exact) mass is 156 g/mol. The Bertz CT molecular complexity index is 190. The molecule has 0 radical (unpaired) electrons. The highest BCUT2D eigenvalue weighted by Crippen LogP contribution is 2.04. The highest BCUT2D eigenvalue weighted by atomic mass is 32.1. The Morgan fingerprint density at radius 3 is 3.30 bits per heavy atom. The second-order valence-corrected chi connectivity index (χ2v) is 2.73. The van der Waals surface area contributed by atoms with Crippen LogP contribution in [0, 0.1) is 0 Å². The topological polar surface area (TPSA) is 48.5 Å². The average Bonchev–Trinajstić information content (AvgIpc) is 2.36. The molecule has 0 saturated carbocycles. The Morgan fingerprint density at radius 2 is 2.50 bits per heavy atom. The van der Waals surface area contributed by atoms with Crippen molar-refractivity contribution in [1.29, 1.82) is 0 Å². The summed E-state index contributed by atoms with van der Waals surface area (Å²) in [7, 11) is 0. The molecule has 0 spiro atoms. The molecule has 0 aromatic rings. The van der Waals surface area contributed by atoms with Crippen molar-refractivity contribution in [3.63, 3.8) is 0 Å². The van der Waals surface area contributed by atoms with Gasteiger partial charge in [0.25, 0.3) is 0 Å². The van der Waals surface area contributed by atoms with E-state index >= 15 is 0 Å². The first-order valence-electron chi connectivity index (χ1n) is 3.17. The lowest BCUT2D eigenvalue weighted by atomic mass is 10.2. The second kappa shape index (κ2) is 2.26. The first kappa shape index (κ1) is 6.21. The van der Waals surface area contributed by atoms with Gasteiger partial charge in [-0.05, 0) is 0 Å². The Labute approximate surface area is 64.1 Å². The molecule has 2 aliphatic rings. The fourth-order valence-corrected chi connectivity index (χ4v) is 1.41. The molecule has 5 heteroatoms. The van der Waals surface area contributed by atoms with Crippen LogP contribution in [-0.4, -0.2) is 30.2 Å². The van der Waals surface area contributed by atoms with Gasteiger partial charge in [0.1, 0.15) is 11.2 Å². The summed E-state index contributed by atoms with van der Waals surface area (Å²) in [6.45, 7) is 0.786. The predicted molar refractivity (Wildman–Crippen MR) is 42.9 cm³/mol. The SMILES string of the molecule is S=C1NC=NC2NCNC12. The first-order chi connectivity index (χ1) is 4.88. The number of hydrogen-bond acceptors (Lipinski definition) is 4. The van der Waals surface area contributed by atoms with Crippen molar-refractivity contribution in [1.82, 2.24) is 16.0 Å². The molecule has 1 fully saturated rings. The summed E-state index contributed by atoms with van der Waals surface area (Å²) in [5.41, 5.74) is 0. The molecule has 3 N–H and O–H groups in total. The minimum atomic E-state index is 0.147. The van der Waals surface area contributed by atoms with E-state index in [2.05, 4.69) is 20.9 Å². The van der Waals surface area contributed by atoms with Crippen LogP contribution in [-0.2, 0) is 0 Å². The molecule has 2 atom stereocenters. The third-order valence-electron chi connectivity index (χ3n) is 1.67. The highest BCUT2D eigenvalue weighted by molar-refractivity contribution is 7.80. The number of nitrogens with one attached hydrogen (secondary N) is 3. The van der Waals surface area contributed by atoms with E-state index in [0.29, 0.717) is 0 Å². The zero-order chi connectivity index (χ0) is 6.97. The number of aliphatic imine (C=N–C) groups is 1. The maximum atomic E-state index is 5.04. The Hall–Kier alpha value is -0.520. The Balaban J connectivity index is 2.22. The first-order valence-corrected chi connectivity index (χ1v) is 3.57. The number of rotatable bonds is 0. The van der Waals surface area contributed by atoms with Gasteiger partial charge in [-0.1, -0.05) is 12.2 Å². The van der Waals surface area contributed by atoms with E-state index in [9.17, 15) is 0 Å². The molecule has 0 aromatic carbocycles. The smallest absolute Gasteiger partial charge is 0.124 e. The van der Waals surface area contributed by atoms with Crippen LogP contribution >= 0.6 is 12.2 Å². The third-order valence-corrected chi connectivity index (χ3v) is 2.05. The van der Waals surface area contributed by atoms with Gasteiger partial charge in [0.15, 0.2) is 0 Å². The summed E-state index contributed by atoms with van der Waals surface area (Å²) in [5, 5.41) is 9.22. The summed E-state index contributed by atoms with van der Waals surface area (Å²) in [5.74, 6) is 0. The maximum Gasteiger partial charge on any atom is 0.124 e. The van der Waals surface area contributed by atoms with Gasteiger partial charge >= 0.3 is 0 Å². The van der Waals surface area contributed by atoms with E-state index in [4.69, 9.17) is 12.2 Å². The summed E-state index contributed by atoms with van der Waals surface area (Å²) < 4.78 is 0. The van der Waals surface area contributed by atoms with Crippen molar-refractivity contribution in [3.8, 4) is 0 Å². The van der Waals surface area contributed by atoms with E-state index in [1.54, 1.807) is 6.34 Å². The fourth-order valence-electron chi connectivity index (χ4n) is 1.15. The van der Waals surface area contributed by atoms with Gasteiger partial charge in [-0.25, -0.2) is 0 Å². The molecule has 0 aliphatic carbocycles. The molecule has 2 aliphatic heterocycles. The van der Waals surface area contributed by atoms with E-state index in [-0.39, 0.29) is 12.2 Å². The van der Waals surface area contributed by atoms with Crippen LogP contribution < -0.4 is 16.0 Å². The van der Waals surface area contributed by atoms with Crippen molar-refractivity contribution >= 4 is 23.5 Å². The van der Waals surface area contributed by atoms with Crippen molar-refractivity contribution in [3.05, 3.63) is 0 Å². The van der Waals surface area contributed by atoms with Crippen LogP contribution in [0.1, 0.15) is 0 Å². The molecule has 0 bridgehead atoms. The minimum Gasteiger partial charge on any atom is -0.340 e. The molecule has 0 aromatic heterocycles. The van der Waals surface area contributed by atoms with Crippen molar-refractivity contribution in [2.24, 2.45) is 4.99 Å². The molecule has 54 valence electrons. The summed E-state index contributed by atoms with van der Waals surface area (Å²) in [4.78, 5) is 4.97. The molecule has 2 rings (SSSR count). The molecule has 10 heavy (non-hydrogen) atoms. The molecular weight excluding hydrogens is 148 g/mol. The zero-order valence-electron chi connectivity index (χ0n) is 5.29. The van der Waals surface area contributed by atoms with Crippen molar-refractivity contribution in [2.45, 2.75) is 12.2 Å². The van der Waals surface area contributed by atoms with Gasteiger partial charge in [0.05, 0.1) is 12.4 Å². The van der Waals surface area contributed by atoms with Gasteiger partial charge in [0, 0.05) is 6.67 Å². The number of fused-ring (bicyclic) bond motifs is 1. The van der Waals surface area contributed by atoms with Crippen molar-refractivity contribution < 1.29 is 0 Å². The van der Waals surface area contributed by atoms with Gasteiger partial charge in [-0.2, -0.15) is 0 Å². The number of hydrogen-bond donors (Lipinski definition) is 3. The Morgan fingerprint density at radius 1 is 1.60 bits per heavy atom. The largest absolute Gasteiger partial charge is 0.340 e. The van der Waals surface area contributed by atoms with Gasteiger partial charge < -0.3 is 5.32 Å². The van der Waals surface area contributed by atoms with E-state index < -0.39 is 0 Å². The standard InChI is InChI=1S/C5H8N4S/c10-5-3-4(7-1-6-3)8-2-9-5/h2-4,6-7H,1H2,(H,8,9,10). The number of thiocarbonyl (C=S) groups is 1. The van der Waals surface area contributed by atoms with Crippen LogP contribution in [0.25, 0.3) is 0 Å². The van der Waals surface area contributed by atoms with Crippen LogP contribution in [0.15, 0.2) is 4.99 Å². The minimum absolute atomic E-state index is 0.147. The van der Waals surface area contributed by atoms with E-state index in [1.165, 1.54) is 0 Å². The molecule has 4 nitrogen and oxygen atoms in total. The van der Waals surface area contributed by atoms with Crippen LogP contribution in [0.3, 0.4) is 0 Å². The summed E-state index contributed by atoms with van der Waals surface area (Å²) in [6.07, 6.45) is 1.79. The Kier molecular flexibility index (Phi) is 1.40. The maximum absolute atomic E-state index is 5.04. The highest BCUT2D eigenvalue weighted by Gasteiger charge is 2.30. The van der Waals surface area contributed by atoms with Crippen LogP contribution in [0.4, 0.5) is 0 Å². The molecule has 1 saturated heterocycles. The summed E-state index contributed by atoms with van der Waals surface area (Å²) in [6, 6.07) is 0.194. The lowest BCUT2D eigenvalue weighted by molar-refractivity contribution is 0.612. The number of nitrogens with zero attached hydrogens (tertiary/aromatic N) is 1. The normalized spacial score (nSPS) is 37.4. The molecule has 2 heterocycles. The van der Waals surface area contributed by atoms with Gasteiger partial charge in [-0.3, -0.25) is 15.6 Å². The van der Waals surface area contributed by atoms with Gasteiger partial charge in [-0.15, -0.1) is 0 Å². The zero-order valence-corrected chi connectivity index (χ0v) is 6.11. The lowest BCUT2D eigenvalue weighted by Gasteiger charge is -2.20.